The number of hydrogen-bond acceptors (Lipinski definition) is 5. The maximum Gasteiger partial charge on any atom is 0.267 e. The van der Waals surface area contributed by atoms with Crippen LogP contribution in [0.4, 0.5) is 17.1 Å². The number of anilines is 3. The Morgan fingerprint density at radius 3 is 2.27 bits per heavy atom. The number of carbonyl (C=O) groups excluding carboxylic acids is 1. The van der Waals surface area contributed by atoms with Crippen LogP contribution in [0.3, 0.4) is 0 Å². The fraction of sp³-hybridized carbons (Fsp3) is 0.240. The van der Waals surface area contributed by atoms with E-state index in [2.05, 4.69) is 10.2 Å². The summed E-state index contributed by atoms with van der Waals surface area (Å²) in [5.41, 5.74) is 2.19. The second kappa shape index (κ2) is 8.78. The molecule has 0 bridgehead atoms. The van der Waals surface area contributed by atoms with Crippen molar-refractivity contribution in [2.75, 3.05) is 34.2 Å². The largest absolute Gasteiger partial charge is 0.476 e. The summed E-state index contributed by atoms with van der Waals surface area (Å²) >= 11 is 0. The molecule has 2 heterocycles. The molecule has 7 nitrogen and oxygen atoms in total. The zero-order valence-electron chi connectivity index (χ0n) is 18.1. The Labute approximate surface area is 193 Å². The molecule has 0 spiro atoms. The molecule has 0 radical (unpaired) electrons. The lowest BCUT2D eigenvalue weighted by Gasteiger charge is -2.34. The highest BCUT2D eigenvalue weighted by atomic mass is 32.2. The molecule has 170 valence electrons. The van der Waals surface area contributed by atoms with Crippen LogP contribution in [0.1, 0.15) is 12.8 Å². The SMILES string of the molecule is O=C(Nc1ccc(N2CCCC2)cc1)[C@H]1CN(S(=O)(=O)c2ccccc2)c2ccccc2O1. The minimum Gasteiger partial charge on any atom is -0.476 e. The summed E-state index contributed by atoms with van der Waals surface area (Å²) in [5.74, 6) is -0.0422. The van der Waals surface area contributed by atoms with E-state index in [1.807, 2.05) is 24.3 Å². The van der Waals surface area contributed by atoms with E-state index in [0.717, 1.165) is 18.8 Å². The van der Waals surface area contributed by atoms with Crippen LogP contribution in [-0.4, -0.2) is 40.1 Å². The number of fused-ring (bicyclic) bond motifs is 1. The Morgan fingerprint density at radius 2 is 1.55 bits per heavy atom. The molecule has 1 atom stereocenters. The number of ether oxygens (including phenoxy) is 1. The normalized spacial score (nSPS) is 17.9. The van der Waals surface area contributed by atoms with Crippen LogP contribution in [-0.2, 0) is 14.8 Å². The second-order valence-electron chi connectivity index (χ2n) is 8.15. The smallest absolute Gasteiger partial charge is 0.267 e. The van der Waals surface area contributed by atoms with Crippen molar-refractivity contribution < 1.29 is 17.9 Å². The van der Waals surface area contributed by atoms with E-state index in [1.165, 1.54) is 17.1 Å². The van der Waals surface area contributed by atoms with Crippen molar-refractivity contribution >= 4 is 33.0 Å². The number of sulfonamides is 1. The first kappa shape index (κ1) is 21.3. The number of hydrogen-bond donors (Lipinski definition) is 1. The molecule has 1 saturated heterocycles. The van der Waals surface area contributed by atoms with Gasteiger partial charge in [0.1, 0.15) is 5.75 Å². The molecule has 5 rings (SSSR count). The lowest BCUT2D eigenvalue weighted by atomic mass is 10.2. The topological polar surface area (TPSA) is 79.0 Å². The zero-order chi connectivity index (χ0) is 22.8. The van der Waals surface area contributed by atoms with Crippen LogP contribution < -0.4 is 19.3 Å². The van der Waals surface area contributed by atoms with Crippen molar-refractivity contribution in [1.29, 1.82) is 0 Å². The molecule has 8 heteroatoms. The van der Waals surface area contributed by atoms with Crippen LogP contribution in [0.15, 0.2) is 83.8 Å². The van der Waals surface area contributed by atoms with Crippen LogP contribution >= 0.6 is 0 Å². The van der Waals surface area contributed by atoms with Gasteiger partial charge in [-0.05, 0) is 61.4 Å². The summed E-state index contributed by atoms with van der Waals surface area (Å²) in [6.07, 6.45) is 1.40. The Bertz CT molecular complexity index is 1240. The number of carbonyl (C=O) groups is 1. The highest BCUT2D eigenvalue weighted by molar-refractivity contribution is 7.92. The number of nitrogens with one attached hydrogen (secondary N) is 1. The van der Waals surface area contributed by atoms with Crippen LogP contribution in [0.5, 0.6) is 5.75 Å². The molecule has 3 aromatic rings. The summed E-state index contributed by atoms with van der Waals surface area (Å²) in [6.45, 7) is 1.98. The molecular weight excluding hydrogens is 438 g/mol. The quantitative estimate of drug-likeness (QED) is 0.621. The van der Waals surface area contributed by atoms with Crippen molar-refractivity contribution in [2.45, 2.75) is 23.8 Å². The zero-order valence-corrected chi connectivity index (χ0v) is 18.9. The molecule has 0 saturated carbocycles. The van der Waals surface area contributed by atoms with Gasteiger partial charge in [0, 0.05) is 24.5 Å². The van der Waals surface area contributed by atoms with Crippen LogP contribution in [0, 0.1) is 0 Å². The third-order valence-corrected chi connectivity index (χ3v) is 7.76. The summed E-state index contributed by atoms with van der Waals surface area (Å²) < 4.78 is 33.9. The van der Waals surface area contributed by atoms with Crippen molar-refractivity contribution in [1.82, 2.24) is 0 Å². The van der Waals surface area contributed by atoms with Gasteiger partial charge in [0.15, 0.2) is 6.10 Å². The fourth-order valence-corrected chi connectivity index (χ4v) is 5.74. The molecule has 1 amide bonds. The monoisotopic (exact) mass is 463 g/mol. The maximum atomic E-state index is 13.4. The highest BCUT2D eigenvalue weighted by Gasteiger charge is 2.37. The summed E-state index contributed by atoms with van der Waals surface area (Å²) in [5, 5.41) is 2.87. The van der Waals surface area contributed by atoms with E-state index in [1.54, 1.807) is 54.6 Å². The molecule has 33 heavy (non-hydrogen) atoms. The van der Waals surface area contributed by atoms with Gasteiger partial charge in [0.25, 0.3) is 15.9 Å². The Kier molecular flexibility index (Phi) is 5.68. The number of benzene rings is 3. The minimum atomic E-state index is -3.86. The molecule has 2 aliphatic heterocycles. The standard InChI is InChI=1S/C25H25N3O4S/c29-25(26-19-12-14-20(15-13-19)27-16-6-7-17-27)24-18-28(22-10-4-5-11-23(22)32-24)33(30,31)21-8-2-1-3-9-21/h1-5,8-15,24H,6-7,16-18H2,(H,26,29)/t24-/m1/s1. The van der Waals surface area contributed by atoms with E-state index in [9.17, 15) is 13.2 Å². The lowest BCUT2D eigenvalue weighted by molar-refractivity contribution is -0.122. The average molecular weight is 464 g/mol. The van der Waals surface area contributed by atoms with Crippen LogP contribution in [0.25, 0.3) is 0 Å². The van der Waals surface area contributed by atoms with Gasteiger partial charge < -0.3 is 15.0 Å². The third kappa shape index (κ3) is 4.26. The third-order valence-electron chi connectivity index (χ3n) is 5.96. The van der Waals surface area contributed by atoms with E-state index < -0.39 is 22.0 Å². The minimum absolute atomic E-state index is 0.119. The molecule has 1 N–H and O–H groups in total. The fourth-order valence-electron chi connectivity index (χ4n) is 4.24. The second-order valence-corrected chi connectivity index (χ2v) is 10.0. The van der Waals surface area contributed by atoms with E-state index in [4.69, 9.17) is 4.74 Å². The highest BCUT2D eigenvalue weighted by Crippen LogP contribution is 2.37. The van der Waals surface area contributed by atoms with Crippen molar-refractivity contribution in [3.63, 3.8) is 0 Å². The molecular formula is C25H25N3O4S. The van der Waals surface area contributed by atoms with Gasteiger partial charge in [-0.1, -0.05) is 30.3 Å². The first-order chi connectivity index (χ1) is 16.0. The molecule has 2 aliphatic rings. The van der Waals surface area contributed by atoms with Gasteiger partial charge in [-0.15, -0.1) is 0 Å². The lowest BCUT2D eigenvalue weighted by Crippen LogP contribution is -2.48. The van der Waals surface area contributed by atoms with Gasteiger partial charge in [-0.2, -0.15) is 0 Å². The maximum absolute atomic E-state index is 13.4. The average Bonchev–Trinajstić information content (AvgIpc) is 3.39. The van der Waals surface area contributed by atoms with Gasteiger partial charge in [0.05, 0.1) is 17.1 Å². The van der Waals surface area contributed by atoms with Crippen molar-refractivity contribution in [3.8, 4) is 5.75 Å². The van der Waals surface area contributed by atoms with Crippen molar-refractivity contribution in [3.05, 3.63) is 78.9 Å². The molecule has 3 aromatic carbocycles. The van der Waals surface area contributed by atoms with Crippen molar-refractivity contribution in [2.24, 2.45) is 0 Å². The first-order valence-corrected chi connectivity index (χ1v) is 12.5. The summed E-state index contributed by atoms with van der Waals surface area (Å²) in [7, 11) is -3.86. The van der Waals surface area contributed by atoms with E-state index >= 15 is 0 Å². The Balaban J connectivity index is 1.37. The number of rotatable bonds is 5. The number of amides is 1. The molecule has 0 aromatic heterocycles. The molecule has 0 unspecified atom stereocenters. The molecule has 0 aliphatic carbocycles. The summed E-state index contributed by atoms with van der Waals surface area (Å²) in [4.78, 5) is 15.5. The first-order valence-electron chi connectivity index (χ1n) is 11.0. The van der Waals surface area contributed by atoms with Gasteiger partial charge in [-0.3, -0.25) is 9.10 Å². The van der Waals surface area contributed by atoms with Crippen LogP contribution in [0.2, 0.25) is 0 Å². The van der Waals surface area contributed by atoms with Gasteiger partial charge >= 0.3 is 0 Å². The Morgan fingerprint density at radius 1 is 0.879 bits per heavy atom. The van der Waals surface area contributed by atoms with Gasteiger partial charge in [-0.25, -0.2) is 8.42 Å². The predicted molar refractivity (Wildman–Crippen MR) is 128 cm³/mol. The number of para-hydroxylation sites is 2. The number of nitrogens with zero attached hydrogens (tertiary/aromatic N) is 2. The van der Waals surface area contributed by atoms with E-state index in [0.29, 0.717) is 17.1 Å². The molecule has 1 fully saturated rings. The van der Waals surface area contributed by atoms with Gasteiger partial charge in [0.2, 0.25) is 0 Å². The Hall–Kier alpha value is -3.52. The summed E-state index contributed by atoms with van der Waals surface area (Å²) in [6, 6.07) is 22.8. The van der Waals surface area contributed by atoms with E-state index in [-0.39, 0.29) is 11.4 Å². The predicted octanol–water partition coefficient (Wildman–Crippen LogP) is 3.88.